The fourth-order valence-corrected chi connectivity index (χ4v) is 0.534. The standard InChI is InChI=1S/C7H8.2CH4.B3.B2.B.H2S/c1-7-5-3-2-4-6-7;;;1-3-2;1-2;;/h2-6H,1H3;2*1H4;;;;1H2. The minimum absolute atomic E-state index is 0. The van der Waals surface area contributed by atoms with Crippen LogP contribution in [0.1, 0.15) is 20.4 Å². The molecule has 0 nitrogen and oxygen atoms in total. The first-order valence-corrected chi connectivity index (χ1v) is 3.41. The first kappa shape index (κ1) is 36.0. The normalized spacial score (nSPS) is 4.81. The highest BCUT2D eigenvalue weighted by Gasteiger charge is 1.72. The minimum atomic E-state index is 0. The predicted octanol–water partition coefficient (Wildman–Crippen LogP) is 1.10. The van der Waals surface area contributed by atoms with E-state index in [9.17, 15) is 0 Å². The summed E-state index contributed by atoms with van der Waals surface area (Å²) in [4.78, 5) is 0. The van der Waals surface area contributed by atoms with Gasteiger partial charge in [-0.25, -0.2) is 0 Å². The summed E-state index contributed by atoms with van der Waals surface area (Å²) in [6, 6.07) is 10.3. The van der Waals surface area contributed by atoms with Gasteiger partial charge in [-0.1, -0.05) is 50.7 Å². The summed E-state index contributed by atoms with van der Waals surface area (Å²) in [6.45, 7) is 2.08. The summed E-state index contributed by atoms with van der Waals surface area (Å²) in [5.41, 5.74) is 1.32. The van der Waals surface area contributed by atoms with Gasteiger partial charge in [-0.05, 0) is 6.92 Å². The number of rotatable bonds is 0. The van der Waals surface area contributed by atoms with Crippen molar-refractivity contribution in [1.29, 1.82) is 0 Å². The number of hydrogen-bond acceptors (Lipinski definition) is 0. The monoisotopic (exact) mass is 224 g/mol. The zero-order chi connectivity index (χ0) is 9.82. The zero-order valence-corrected chi connectivity index (χ0v) is 9.35. The van der Waals surface area contributed by atoms with Crippen molar-refractivity contribution < 1.29 is 0 Å². The Bertz CT molecular complexity index is 161. The van der Waals surface area contributed by atoms with E-state index in [0.29, 0.717) is 0 Å². The van der Waals surface area contributed by atoms with Crippen molar-refractivity contribution in [3.8, 4) is 0 Å². The van der Waals surface area contributed by atoms with Crippen LogP contribution in [0.2, 0.25) is 0 Å². The summed E-state index contributed by atoms with van der Waals surface area (Å²) in [5, 5.41) is 0. The molecule has 0 N–H and O–H groups in total. The molecule has 16 heavy (non-hydrogen) atoms. The molecule has 7 heteroatoms. The lowest BCUT2D eigenvalue weighted by molar-refractivity contribution is 1.48. The van der Waals surface area contributed by atoms with Gasteiger partial charge in [0.1, 0.15) is 0 Å². The summed E-state index contributed by atoms with van der Waals surface area (Å²) < 4.78 is 0. The smallest absolute Gasteiger partial charge is 0 e. The fourth-order valence-electron chi connectivity index (χ4n) is 0.534. The second-order valence-corrected chi connectivity index (χ2v) is 1.85. The van der Waals surface area contributed by atoms with Crippen molar-refractivity contribution in [1.82, 2.24) is 0 Å². The topological polar surface area (TPSA) is 0 Å². The van der Waals surface area contributed by atoms with Crippen molar-refractivity contribution >= 4 is 59.9 Å². The van der Waals surface area contributed by atoms with Crippen LogP contribution < -0.4 is 0 Å². The molecule has 1 aromatic carbocycles. The van der Waals surface area contributed by atoms with Crippen LogP contribution in [0, 0.1) is 6.92 Å². The Morgan fingerprint density at radius 1 is 0.938 bits per heavy atom. The molecule has 1 rings (SSSR count). The largest absolute Gasteiger partial charge is 0.197 e. The molecule has 0 atom stereocenters. The second kappa shape index (κ2) is 36.3. The summed E-state index contributed by atoms with van der Waals surface area (Å²) >= 11 is 0. The molecule has 0 amide bonds. The first-order chi connectivity index (χ1) is 5.81. The average molecular weight is 223 g/mol. The predicted molar refractivity (Wildman–Crippen MR) is 89.5 cm³/mol. The molecule has 0 aliphatic rings. The molecule has 78 valence electrons. The molecule has 12 radical (unpaired) electrons. The van der Waals surface area contributed by atoms with Gasteiger partial charge in [0, 0.05) is 46.4 Å². The van der Waals surface area contributed by atoms with Gasteiger partial charge in [-0.2, -0.15) is 13.5 Å². The fraction of sp³-hybridized carbons (Fsp3) is 0.333. The molecule has 0 bridgehead atoms. The quantitative estimate of drug-likeness (QED) is 0.578. The Morgan fingerprint density at radius 3 is 1.31 bits per heavy atom. The van der Waals surface area contributed by atoms with Crippen molar-refractivity contribution in [2.45, 2.75) is 21.8 Å². The van der Waals surface area contributed by atoms with E-state index in [0.717, 1.165) is 7.06 Å². The van der Waals surface area contributed by atoms with Crippen molar-refractivity contribution in [3.05, 3.63) is 35.9 Å². The Labute approximate surface area is 118 Å². The van der Waals surface area contributed by atoms with Crippen molar-refractivity contribution in [3.63, 3.8) is 0 Å². The van der Waals surface area contributed by atoms with Crippen LogP contribution in [0.25, 0.3) is 0 Å². The Hall–Kier alpha value is -0.0404. The molecule has 0 heterocycles. The number of aryl methyl sites for hydroxylation is 1. The van der Waals surface area contributed by atoms with Crippen LogP contribution in [0.3, 0.4) is 0 Å². The van der Waals surface area contributed by atoms with E-state index in [4.69, 9.17) is 0 Å². The molecule has 0 unspecified atom stereocenters. The maximum atomic E-state index is 4.50. The average Bonchev–Trinajstić information content (AvgIpc) is 2.11. The van der Waals surface area contributed by atoms with E-state index in [-0.39, 0.29) is 36.8 Å². The van der Waals surface area contributed by atoms with Gasteiger partial charge < -0.3 is 0 Å². The highest BCUT2D eigenvalue weighted by Crippen LogP contribution is 1.92. The van der Waals surface area contributed by atoms with Gasteiger partial charge in [0.2, 0.25) is 0 Å². The Kier molecular flexibility index (Phi) is 81.7. The van der Waals surface area contributed by atoms with E-state index in [2.05, 4.69) is 50.0 Å². The Balaban J connectivity index is -0.0000000251. The maximum Gasteiger partial charge on any atom is 0 e. The van der Waals surface area contributed by atoms with E-state index in [1.54, 1.807) is 0 Å². The summed E-state index contributed by atoms with van der Waals surface area (Å²) in [7, 11) is 18.0. The lowest BCUT2D eigenvalue weighted by Crippen LogP contribution is -1.79. The van der Waals surface area contributed by atoms with Gasteiger partial charge in [0.05, 0.1) is 0 Å². The molecule has 0 fully saturated rings. The highest BCUT2D eigenvalue weighted by atomic mass is 32.1. The van der Waals surface area contributed by atoms with Gasteiger partial charge in [0.25, 0.3) is 0 Å². The Morgan fingerprint density at radius 2 is 1.19 bits per heavy atom. The van der Waals surface area contributed by atoms with Crippen molar-refractivity contribution in [2.75, 3.05) is 0 Å². The van der Waals surface area contributed by atoms with Crippen LogP contribution >= 0.6 is 13.5 Å². The SMILES string of the molecule is C.C.Cc1ccccc1.S.[B].[B][B].[B][B][B]. The first-order valence-electron chi connectivity index (χ1n) is 3.41. The second-order valence-electron chi connectivity index (χ2n) is 1.85. The molecule has 0 saturated heterocycles. The van der Waals surface area contributed by atoms with Crippen LogP contribution in [0.4, 0.5) is 0 Å². The molecule has 1 aromatic rings. The molecule has 0 aromatic heterocycles. The van der Waals surface area contributed by atoms with E-state index < -0.39 is 0 Å². The third-order valence-corrected chi connectivity index (χ3v) is 0.940. The van der Waals surface area contributed by atoms with Crippen LogP contribution in [-0.4, -0.2) is 46.4 Å². The van der Waals surface area contributed by atoms with Gasteiger partial charge in [0.15, 0.2) is 0 Å². The highest BCUT2D eigenvalue weighted by molar-refractivity contribution is 7.59. The molecule has 0 aliphatic carbocycles. The molecule has 0 aliphatic heterocycles. The lowest BCUT2D eigenvalue weighted by atomic mass is 9.40. The molecule has 0 spiro atoms. The maximum absolute atomic E-state index is 4.50. The van der Waals surface area contributed by atoms with Gasteiger partial charge >= 0.3 is 0 Å². The third-order valence-electron chi connectivity index (χ3n) is 0.940. The van der Waals surface area contributed by atoms with Gasteiger partial charge in [-0.3, -0.25) is 0 Å². The third kappa shape index (κ3) is 37.0. The van der Waals surface area contributed by atoms with Crippen LogP contribution in [0.15, 0.2) is 30.3 Å². The molecular weight excluding hydrogens is 205 g/mol. The van der Waals surface area contributed by atoms with Crippen LogP contribution in [0.5, 0.6) is 0 Å². The van der Waals surface area contributed by atoms with E-state index in [1.807, 2.05) is 18.2 Å². The lowest BCUT2D eigenvalue weighted by Gasteiger charge is -1.82. The van der Waals surface area contributed by atoms with Crippen LogP contribution in [-0.2, 0) is 0 Å². The molecular formula is C9H18B6S. The zero-order valence-electron chi connectivity index (χ0n) is 8.35. The summed E-state index contributed by atoms with van der Waals surface area (Å²) in [5.74, 6) is 0. The van der Waals surface area contributed by atoms with E-state index in [1.165, 1.54) is 5.56 Å². The van der Waals surface area contributed by atoms with Gasteiger partial charge in [-0.15, -0.1) is 0 Å². The summed E-state index contributed by atoms with van der Waals surface area (Å²) in [6.07, 6.45) is 0. The number of hydrogen-bond donors (Lipinski definition) is 0. The van der Waals surface area contributed by atoms with E-state index >= 15 is 0 Å². The number of benzene rings is 1. The molecule has 0 saturated carbocycles. The van der Waals surface area contributed by atoms with Crippen molar-refractivity contribution in [2.24, 2.45) is 0 Å². The minimum Gasteiger partial charge on any atom is -0.197 e.